The van der Waals surface area contributed by atoms with E-state index in [9.17, 15) is 12.8 Å². The summed E-state index contributed by atoms with van der Waals surface area (Å²) in [7, 11) is -0.134. The molecule has 0 aliphatic carbocycles. The smallest absolute Gasteiger partial charge is 0.240 e. The van der Waals surface area contributed by atoms with E-state index in [0.717, 1.165) is 23.6 Å². The number of sulfonamides is 1. The van der Waals surface area contributed by atoms with Crippen LogP contribution in [0.1, 0.15) is 5.69 Å². The van der Waals surface area contributed by atoms with Crippen molar-refractivity contribution in [3.05, 3.63) is 35.8 Å². The van der Waals surface area contributed by atoms with Gasteiger partial charge in [-0.05, 0) is 30.3 Å². The highest BCUT2D eigenvalue weighted by molar-refractivity contribution is 7.89. The van der Waals surface area contributed by atoms with Crippen molar-refractivity contribution in [3.63, 3.8) is 0 Å². The van der Waals surface area contributed by atoms with Crippen LogP contribution >= 0.6 is 0 Å². The first kappa shape index (κ1) is 20.5. The fourth-order valence-electron chi connectivity index (χ4n) is 2.42. The van der Waals surface area contributed by atoms with E-state index in [4.69, 9.17) is 0 Å². The number of nitrogens with zero attached hydrogens (tertiary/aromatic N) is 6. The Morgan fingerprint density at radius 3 is 2.66 bits per heavy atom. The zero-order valence-electron chi connectivity index (χ0n) is 16.0. The van der Waals surface area contributed by atoms with Crippen molar-refractivity contribution in [2.45, 2.75) is 11.8 Å². The summed E-state index contributed by atoms with van der Waals surface area (Å²) in [6, 6.07) is 5.20. The van der Waals surface area contributed by atoms with Crippen LogP contribution in [0.5, 0.6) is 0 Å². The second kappa shape index (κ2) is 8.45. The number of H-pyrrole nitrogens is 1. The summed E-state index contributed by atoms with van der Waals surface area (Å²) in [6.45, 7) is 2.18. The predicted molar refractivity (Wildman–Crippen MR) is 104 cm³/mol. The number of nitrogens with one attached hydrogen (secondary N) is 3. The lowest BCUT2D eigenvalue weighted by molar-refractivity contribution is 0.582. The first-order chi connectivity index (χ1) is 13.8. The summed E-state index contributed by atoms with van der Waals surface area (Å²) in [4.78, 5) is 10.3. The molecule has 2 aromatic heterocycles. The molecule has 154 valence electrons. The molecule has 3 rings (SSSR count). The zero-order chi connectivity index (χ0) is 21.0. The lowest BCUT2D eigenvalue weighted by Crippen LogP contribution is -2.29. The average Bonchev–Trinajstić information content (AvgIpc) is 3.19. The quantitative estimate of drug-likeness (QED) is 0.445. The molecule has 3 N–H and O–H groups in total. The van der Waals surface area contributed by atoms with Gasteiger partial charge in [-0.2, -0.15) is 10.2 Å². The van der Waals surface area contributed by atoms with E-state index in [-0.39, 0.29) is 29.4 Å². The van der Waals surface area contributed by atoms with Crippen molar-refractivity contribution in [2.75, 3.05) is 37.4 Å². The summed E-state index contributed by atoms with van der Waals surface area (Å²) in [6.07, 6.45) is 0. The Balaban J connectivity index is 1.65. The molecule has 0 saturated carbocycles. The van der Waals surface area contributed by atoms with Crippen LogP contribution in [0, 0.1) is 12.7 Å². The van der Waals surface area contributed by atoms with E-state index in [1.165, 1.54) is 6.07 Å². The van der Waals surface area contributed by atoms with Gasteiger partial charge in [0.1, 0.15) is 11.6 Å². The first-order valence-electron chi connectivity index (χ1n) is 8.56. The molecule has 13 heteroatoms. The molecule has 0 fully saturated rings. The molecule has 0 aliphatic rings. The maximum Gasteiger partial charge on any atom is 0.240 e. The highest BCUT2D eigenvalue weighted by Gasteiger charge is 2.18. The molecule has 0 aliphatic heterocycles. The molecular formula is C16H20FN9O2S. The fraction of sp³-hybridized carbons (Fsp3) is 0.312. The number of aryl methyl sites for hydroxylation is 1. The van der Waals surface area contributed by atoms with Gasteiger partial charge in [0.2, 0.25) is 21.8 Å². The van der Waals surface area contributed by atoms with Gasteiger partial charge in [-0.15, -0.1) is 10.2 Å². The molecule has 0 atom stereocenters. The van der Waals surface area contributed by atoms with Crippen LogP contribution in [0.25, 0.3) is 11.4 Å². The molecule has 0 radical (unpaired) electrons. The highest BCUT2D eigenvalue weighted by atomic mass is 32.2. The van der Waals surface area contributed by atoms with Gasteiger partial charge >= 0.3 is 0 Å². The van der Waals surface area contributed by atoms with E-state index < -0.39 is 15.8 Å². The fourth-order valence-corrected chi connectivity index (χ4v) is 3.48. The summed E-state index contributed by atoms with van der Waals surface area (Å²) in [5, 5.41) is 15.9. The molecule has 3 aromatic rings. The minimum absolute atomic E-state index is 0.0329. The van der Waals surface area contributed by atoms with Crippen molar-refractivity contribution in [1.29, 1.82) is 0 Å². The molecule has 11 nitrogen and oxygen atoms in total. The number of rotatable bonds is 8. The van der Waals surface area contributed by atoms with Crippen LogP contribution < -0.4 is 14.9 Å². The third-order valence-electron chi connectivity index (χ3n) is 3.83. The van der Waals surface area contributed by atoms with Crippen LogP contribution in [-0.2, 0) is 10.0 Å². The van der Waals surface area contributed by atoms with E-state index in [0.29, 0.717) is 5.95 Å². The molecule has 0 bridgehead atoms. The van der Waals surface area contributed by atoms with Crippen molar-refractivity contribution >= 4 is 21.8 Å². The van der Waals surface area contributed by atoms with Crippen LogP contribution in [-0.4, -0.2) is 66.2 Å². The molecule has 0 spiro atoms. The number of anilines is 2. The molecule has 0 unspecified atom stereocenters. The van der Waals surface area contributed by atoms with Crippen LogP contribution in [0.3, 0.4) is 0 Å². The second-order valence-electron chi connectivity index (χ2n) is 6.29. The van der Waals surface area contributed by atoms with E-state index >= 15 is 0 Å². The van der Waals surface area contributed by atoms with Crippen molar-refractivity contribution in [3.8, 4) is 11.4 Å². The number of halogens is 1. The van der Waals surface area contributed by atoms with Gasteiger partial charge in [0.05, 0.1) is 10.5 Å². The van der Waals surface area contributed by atoms with Crippen LogP contribution in [0.2, 0.25) is 0 Å². The molecule has 0 saturated heterocycles. The molecule has 0 amide bonds. The maximum absolute atomic E-state index is 14.0. The Labute approximate surface area is 166 Å². The number of aromatic amines is 1. The van der Waals surface area contributed by atoms with Crippen molar-refractivity contribution < 1.29 is 12.8 Å². The number of hydrogen-bond acceptors (Lipinski definition) is 9. The van der Waals surface area contributed by atoms with Gasteiger partial charge in [0, 0.05) is 38.9 Å². The topological polar surface area (TPSA) is 142 Å². The summed E-state index contributed by atoms with van der Waals surface area (Å²) in [5.74, 6) is 0.449. The zero-order valence-corrected chi connectivity index (χ0v) is 16.8. The van der Waals surface area contributed by atoms with Gasteiger partial charge in [-0.3, -0.25) is 0 Å². The SMILES string of the molecule is Cc1cc(N(C)C)nc(NCCNS(=O)(=O)c2ccc(F)c(-c3nn[nH]n3)c2)n1. The Morgan fingerprint density at radius 2 is 1.97 bits per heavy atom. The third kappa shape index (κ3) is 5.00. The van der Waals surface area contributed by atoms with Gasteiger partial charge in [-0.1, -0.05) is 0 Å². The monoisotopic (exact) mass is 421 g/mol. The standard InChI is InChI=1S/C16H20FN9O2S/c1-10-8-14(26(2)3)21-16(20-10)18-6-7-19-29(27,28)11-4-5-13(17)12(9-11)15-22-24-25-23-15/h4-5,8-9,19H,6-7H2,1-3H3,(H,18,20,21)(H,22,23,24,25). The summed E-state index contributed by atoms with van der Waals surface area (Å²) >= 11 is 0. The number of aromatic nitrogens is 6. The second-order valence-corrected chi connectivity index (χ2v) is 8.05. The molecular weight excluding hydrogens is 401 g/mol. The highest BCUT2D eigenvalue weighted by Crippen LogP contribution is 2.22. The van der Waals surface area contributed by atoms with Crippen molar-refractivity contribution in [1.82, 2.24) is 35.3 Å². The van der Waals surface area contributed by atoms with E-state index in [1.54, 1.807) is 0 Å². The lowest BCUT2D eigenvalue weighted by atomic mass is 10.2. The largest absolute Gasteiger partial charge is 0.363 e. The van der Waals surface area contributed by atoms with Crippen molar-refractivity contribution in [2.24, 2.45) is 0 Å². The van der Waals surface area contributed by atoms with Gasteiger partial charge in [-0.25, -0.2) is 22.5 Å². The number of hydrogen-bond donors (Lipinski definition) is 3. The normalized spacial score (nSPS) is 11.4. The van der Waals surface area contributed by atoms with Gasteiger partial charge in [0.15, 0.2) is 0 Å². The molecule has 29 heavy (non-hydrogen) atoms. The van der Waals surface area contributed by atoms with E-state index in [1.807, 2.05) is 32.0 Å². The summed E-state index contributed by atoms with van der Waals surface area (Å²) in [5.41, 5.74) is 0.719. The number of benzene rings is 1. The van der Waals surface area contributed by atoms with Crippen LogP contribution in [0.4, 0.5) is 16.2 Å². The average molecular weight is 421 g/mol. The maximum atomic E-state index is 14.0. The first-order valence-corrected chi connectivity index (χ1v) is 10.0. The van der Waals surface area contributed by atoms with E-state index in [2.05, 4.69) is 40.6 Å². The summed E-state index contributed by atoms with van der Waals surface area (Å²) < 4.78 is 41.4. The Kier molecular flexibility index (Phi) is 5.98. The Bertz CT molecular complexity index is 1090. The Morgan fingerprint density at radius 1 is 1.17 bits per heavy atom. The van der Waals surface area contributed by atoms with Gasteiger partial charge < -0.3 is 10.2 Å². The third-order valence-corrected chi connectivity index (χ3v) is 5.29. The molecule has 2 heterocycles. The minimum Gasteiger partial charge on any atom is -0.363 e. The number of tetrazole rings is 1. The Hall–Kier alpha value is -3.19. The predicted octanol–water partition coefficient (Wildman–Crippen LogP) is 0.561. The minimum atomic E-state index is -3.87. The molecule has 1 aromatic carbocycles. The lowest BCUT2D eigenvalue weighted by Gasteiger charge is -2.14. The van der Waals surface area contributed by atoms with Gasteiger partial charge in [0.25, 0.3) is 0 Å². The van der Waals surface area contributed by atoms with Crippen LogP contribution in [0.15, 0.2) is 29.2 Å².